The van der Waals surface area contributed by atoms with Crippen molar-refractivity contribution in [3.8, 4) is 22.8 Å². The number of amides is 1. The number of benzene rings is 2. The van der Waals surface area contributed by atoms with E-state index in [2.05, 4.69) is 20.0 Å². The lowest BCUT2D eigenvalue weighted by atomic mass is 10.1. The summed E-state index contributed by atoms with van der Waals surface area (Å²) in [5.41, 5.74) is 3.78. The van der Waals surface area contributed by atoms with Crippen molar-refractivity contribution in [2.24, 2.45) is 0 Å². The van der Waals surface area contributed by atoms with Crippen LogP contribution in [0.25, 0.3) is 11.3 Å². The molecule has 2 aromatic heterocycles. The zero-order chi connectivity index (χ0) is 21.6. The molecular formula is C21H15F2N3O3S2. The van der Waals surface area contributed by atoms with Gasteiger partial charge in [0.15, 0.2) is 5.13 Å². The molecule has 0 radical (unpaired) electrons. The van der Waals surface area contributed by atoms with Gasteiger partial charge < -0.3 is 9.47 Å². The molecule has 2 aromatic carbocycles. The van der Waals surface area contributed by atoms with Crippen LogP contribution in [0.2, 0.25) is 0 Å². The molecule has 158 valence electrons. The van der Waals surface area contributed by atoms with Gasteiger partial charge in [-0.25, -0.2) is 9.97 Å². The van der Waals surface area contributed by atoms with Gasteiger partial charge >= 0.3 is 6.61 Å². The van der Waals surface area contributed by atoms with E-state index in [0.29, 0.717) is 34.3 Å². The number of hydrogen-bond donors (Lipinski definition) is 1. The number of hydrogen-bond acceptors (Lipinski definition) is 7. The maximum atomic E-state index is 12.6. The molecule has 10 heteroatoms. The Morgan fingerprint density at radius 1 is 1.13 bits per heavy atom. The van der Waals surface area contributed by atoms with Gasteiger partial charge in [-0.05, 0) is 30.3 Å². The SMILES string of the molecule is O=C(Nc1nc(-c2ccccc2OC(F)F)cs1)c1cccc(OCc2cscn2)c1. The molecule has 1 N–H and O–H groups in total. The molecule has 6 nitrogen and oxygen atoms in total. The molecule has 0 atom stereocenters. The van der Waals surface area contributed by atoms with Gasteiger partial charge in [-0.3, -0.25) is 10.1 Å². The molecule has 0 saturated heterocycles. The Bertz CT molecular complexity index is 1170. The van der Waals surface area contributed by atoms with Crippen LogP contribution in [0.3, 0.4) is 0 Å². The van der Waals surface area contributed by atoms with Crippen molar-refractivity contribution in [1.29, 1.82) is 0 Å². The van der Waals surface area contributed by atoms with Crippen molar-refractivity contribution in [3.63, 3.8) is 0 Å². The van der Waals surface area contributed by atoms with Crippen LogP contribution in [-0.4, -0.2) is 22.5 Å². The molecule has 0 saturated carbocycles. The van der Waals surface area contributed by atoms with Crippen molar-refractivity contribution in [2.75, 3.05) is 5.32 Å². The number of nitrogens with one attached hydrogen (secondary N) is 1. The molecule has 31 heavy (non-hydrogen) atoms. The Kier molecular flexibility index (Phi) is 6.48. The van der Waals surface area contributed by atoms with Gasteiger partial charge in [-0.1, -0.05) is 18.2 Å². The first-order valence-electron chi connectivity index (χ1n) is 8.99. The molecule has 4 rings (SSSR count). The van der Waals surface area contributed by atoms with Crippen LogP contribution in [-0.2, 0) is 6.61 Å². The van der Waals surface area contributed by atoms with E-state index in [9.17, 15) is 13.6 Å². The Balaban J connectivity index is 1.44. The van der Waals surface area contributed by atoms with E-state index in [0.717, 1.165) is 5.69 Å². The van der Waals surface area contributed by atoms with Gasteiger partial charge in [0.05, 0.1) is 16.9 Å². The number of aromatic nitrogens is 2. The van der Waals surface area contributed by atoms with Crippen LogP contribution in [0.4, 0.5) is 13.9 Å². The molecule has 0 fully saturated rings. The average Bonchev–Trinajstić information content (AvgIpc) is 3.45. The van der Waals surface area contributed by atoms with E-state index >= 15 is 0 Å². The molecule has 0 unspecified atom stereocenters. The van der Waals surface area contributed by atoms with Crippen molar-refractivity contribution >= 4 is 33.7 Å². The molecule has 0 spiro atoms. The number of anilines is 1. The summed E-state index contributed by atoms with van der Waals surface area (Å²) < 4.78 is 35.5. The molecule has 1 amide bonds. The van der Waals surface area contributed by atoms with E-state index in [4.69, 9.17) is 4.74 Å². The third kappa shape index (κ3) is 5.41. The topological polar surface area (TPSA) is 73.3 Å². The number of nitrogens with zero attached hydrogens (tertiary/aromatic N) is 2. The third-order valence-electron chi connectivity index (χ3n) is 4.07. The highest BCUT2D eigenvalue weighted by atomic mass is 32.1. The summed E-state index contributed by atoms with van der Waals surface area (Å²) in [4.78, 5) is 21.1. The number of thiazole rings is 2. The lowest BCUT2D eigenvalue weighted by Gasteiger charge is -2.08. The highest BCUT2D eigenvalue weighted by Crippen LogP contribution is 2.33. The highest BCUT2D eigenvalue weighted by Gasteiger charge is 2.15. The smallest absolute Gasteiger partial charge is 0.387 e. The fraction of sp³-hybridized carbons (Fsp3) is 0.0952. The number of carbonyl (C=O) groups excluding carboxylic acids is 1. The van der Waals surface area contributed by atoms with Crippen LogP contribution < -0.4 is 14.8 Å². The predicted molar refractivity (Wildman–Crippen MR) is 115 cm³/mol. The summed E-state index contributed by atoms with van der Waals surface area (Å²) >= 11 is 2.67. The van der Waals surface area contributed by atoms with Crippen molar-refractivity contribution in [2.45, 2.75) is 13.2 Å². The number of alkyl halides is 2. The molecule has 2 heterocycles. The minimum Gasteiger partial charge on any atom is -0.487 e. The van der Waals surface area contributed by atoms with Crippen LogP contribution >= 0.6 is 22.7 Å². The number of halogens is 2. The second-order valence-corrected chi connectivity index (χ2v) is 7.74. The largest absolute Gasteiger partial charge is 0.487 e. The number of carbonyl (C=O) groups is 1. The van der Waals surface area contributed by atoms with Gasteiger partial charge in [0, 0.05) is 21.9 Å². The minimum absolute atomic E-state index is 0.0191. The maximum absolute atomic E-state index is 12.6. The molecule has 0 aliphatic heterocycles. The van der Waals surface area contributed by atoms with Crippen molar-refractivity contribution in [3.05, 3.63) is 76.1 Å². The second-order valence-electron chi connectivity index (χ2n) is 6.16. The average molecular weight is 459 g/mol. The molecule has 0 aliphatic carbocycles. The third-order valence-corrected chi connectivity index (χ3v) is 5.46. The van der Waals surface area contributed by atoms with Crippen LogP contribution in [0.15, 0.2) is 64.8 Å². The molecule has 0 bridgehead atoms. The standard InChI is InChI=1S/C21H15F2N3O3S2/c22-20(23)29-18-7-2-1-6-16(18)17-11-31-21(25-17)26-19(27)13-4-3-5-15(8-13)28-9-14-10-30-12-24-14/h1-8,10-12,20H,9H2,(H,25,26,27). The van der Waals surface area contributed by atoms with Crippen LogP contribution in [0.5, 0.6) is 11.5 Å². The quantitative estimate of drug-likeness (QED) is 0.366. The van der Waals surface area contributed by atoms with E-state index < -0.39 is 6.61 Å². The van der Waals surface area contributed by atoms with Gasteiger partial charge in [0.1, 0.15) is 18.1 Å². The Hall–Kier alpha value is -3.37. The maximum Gasteiger partial charge on any atom is 0.387 e. The summed E-state index contributed by atoms with van der Waals surface area (Å²) in [6, 6.07) is 13.1. The van der Waals surface area contributed by atoms with Crippen LogP contribution in [0.1, 0.15) is 16.1 Å². The van der Waals surface area contributed by atoms with Gasteiger partial charge in [-0.15, -0.1) is 22.7 Å². The van der Waals surface area contributed by atoms with Gasteiger partial charge in [0.25, 0.3) is 5.91 Å². The lowest BCUT2D eigenvalue weighted by Crippen LogP contribution is -2.11. The van der Waals surface area contributed by atoms with Gasteiger partial charge in [-0.2, -0.15) is 8.78 Å². The normalized spacial score (nSPS) is 10.8. The summed E-state index contributed by atoms with van der Waals surface area (Å²) in [5.74, 6) is 0.196. The monoisotopic (exact) mass is 459 g/mol. The number of rotatable bonds is 8. The molecule has 0 aliphatic rings. The molecule has 4 aromatic rings. The first kappa shape index (κ1) is 20.9. The first-order chi connectivity index (χ1) is 15.1. The lowest BCUT2D eigenvalue weighted by molar-refractivity contribution is -0.0494. The van der Waals surface area contributed by atoms with Gasteiger partial charge in [0.2, 0.25) is 0 Å². The fourth-order valence-corrected chi connectivity index (χ4v) is 3.94. The van der Waals surface area contributed by atoms with E-state index in [1.165, 1.54) is 28.7 Å². The Morgan fingerprint density at radius 3 is 2.81 bits per heavy atom. The summed E-state index contributed by atoms with van der Waals surface area (Å²) in [6.45, 7) is -2.63. The van der Waals surface area contributed by atoms with E-state index in [1.54, 1.807) is 53.4 Å². The zero-order valence-electron chi connectivity index (χ0n) is 15.8. The first-order valence-corrected chi connectivity index (χ1v) is 10.8. The van der Waals surface area contributed by atoms with Crippen molar-refractivity contribution < 1.29 is 23.0 Å². The number of para-hydroxylation sites is 1. The van der Waals surface area contributed by atoms with E-state index in [-0.39, 0.29) is 11.7 Å². The van der Waals surface area contributed by atoms with Crippen molar-refractivity contribution in [1.82, 2.24) is 9.97 Å². The second kappa shape index (κ2) is 9.63. The highest BCUT2D eigenvalue weighted by molar-refractivity contribution is 7.14. The predicted octanol–water partition coefficient (Wildman–Crippen LogP) is 5.70. The molecular weight excluding hydrogens is 444 g/mol. The fourth-order valence-electron chi connectivity index (χ4n) is 2.69. The Labute approximate surface area is 184 Å². The minimum atomic E-state index is -2.94. The van der Waals surface area contributed by atoms with Crippen LogP contribution in [0, 0.1) is 0 Å². The summed E-state index contributed by atoms with van der Waals surface area (Å²) in [5, 5.41) is 6.61. The zero-order valence-corrected chi connectivity index (χ0v) is 17.5. The summed E-state index contributed by atoms with van der Waals surface area (Å²) in [7, 11) is 0. The Morgan fingerprint density at radius 2 is 2.00 bits per heavy atom. The summed E-state index contributed by atoms with van der Waals surface area (Å²) in [6.07, 6.45) is 0. The van der Waals surface area contributed by atoms with E-state index in [1.807, 2.05) is 5.38 Å². The number of ether oxygens (including phenoxy) is 2.